The Bertz CT molecular complexity index is 956. The third kappa shape index (κ3) is 3.37. The van der Waals surface area contributed by atoms with Gasteiger partial charge in [0.2, 0.25) is 0 Å². The first-order valence-corrected chi connectivity index (χ1v) is 9.95. The minimum atomic E-state index is -3.59. The smallest absolute Gasteiger partial charge is 0.271 e. The van der Waals surface area contributed by atoms with Crippen molar-refractivity contribution in [3.63, 3.8) is 0 Å². The number of benzene rings is 1. The van der Waals surface area contributed by atoms with E-state index in [1.54, 1.807) is 24.4 Å². The molecule has 0 bridgehead atoms. The Labute approximate surface area is 146 Å². The maximum absolute atomic E-state index is 12.6. The second kappa shape index (κ2) is 6.41. The Morgan fingerprint density at radius 3 is 2.71 bits per heavy atom. The van der Waals surface area contributed by atoms with Gasteiger partial charge >= 0.3 is 0 Å². The van der Waals surface area contributed by atoms with E-state index < -0.39 is 10.0 Å². The topological polar surface area (TPSA) is 64.0 Å². The summed E-state index contributed by atoms with van der Waals surface area (Å²) in [7, 11) is -3.59. The van der Waals surface area contributed by atoms with E-state index in [2.05, 4.69) is 9.82 Å². The standard InChI is InChI=1S/C17H19N3O2S2/c1-12(2)20-16(7-8-18-20)14-10-17(23-11-14)24(21,22)19-15-6-4-5-13(3)9-15/h4-12,19H,1-3H3. The summed E-state index contributed by atoms with van der Waals surface area (Å²) >= 11 is 1.21. The van der Waals surface area contributed by atoms with Gasteiger partial charge in [-0.1, -0.05) is 12.1 Å². The summed E-state index contributed by atoms with van der Waals surface area (Å²) in [6.45, 7) is 6.01. The van der Waals surface area contributed by atoms with Gasteiger partial charge in [0.15, 0.2) is 0 Å². The van der Waals surface area contributed by atoms with Crippen LogP contribution in [0.1, 0.15) is 25.5 Å². The average molecular weight is 361 g/mol. The van der Waals surface area contributed by atoms with Crippen molar-refractivity contribution < 1.29 is 8.42 Å². The molecule has 1 aromatic carbocycles. The Balaban J connectivity index is 1.90. The van der Waals surface area contributed by atoms with Gasteiger partial charge in [-0.15, -0.1) is 11.3 Å². The summed E-state index contributed by atoms with van der Waals surface area (Å²) < 4.78 is 30.0. The number of nitrogens with one attached hydrogen (secondary N) is 1. The summed E-state index contributed by atoms with van der Waals surface area (Å²) in [6.07, 6.45) is 1.73. The number of hydrogen-bond donors (Lipinski definition) is 1. The van der Waals surface area contributed by atoms with Crippen LogP contribution < -0.4 is 4.72 Å². The molecule has 0 radical (unpaired) electrons. The van der Waals surface area contributed by atoms with E-state index in [0.29, 0.717) is 5.69 Å². The van der Waals surface area contributed by atoms with Crippen LogP contribution in [-0.4, -0.2) is 18.2 Å². The molecule has 0 aliphatic rings. The zero-order chi connectivity index (χ0) is 17.3. The van der Waals surface area contributed by atoms with Gasteiger partial charge in [0.25, 0.3) is 10.0 Å². The number of sulfonamides is 1. The van der Waals surface area contributed by atoms with Crippen molar-refractivity contribution in [3.05, 3.63) is 53.5 Å². The highest BCUT2D eigenvalue weighted by Crippen LogP contribution is 2.30. The summed E-state index contributed by atoms with van der Waals surface area (Å²) in [6, 6.07) is 11.1. The largest absolute Gasteiger partial charge is 0.279 e. The van der Waals surface area contributed by atoms with Crippen LogP contribution in [0, 0.1) is 6.92 Å². The maximum Gasteiger partial charge on any atom is 0.271 e. The molecule has 0 saturated heterocycles. The first kappa shape index (κ1) is 16.7. The molecule has 0 aliphatic heterocycles. The van der Waals surface area contributed by atoms with Gasteiger partial charge in [0, 0.05) is 28.9 Å². The highest BCUT2D eigenvalue weighted by molar-refractivity contribution is 7.94. The minimum absolute atomic E-state index is 0.209. The van der Waals surface area contributed by atoms with Crippen LogP contribution in [0.3, 0.4) is 0 Å². The van der Waals surface area contributed by atoms with Crippen LogP contribution in [0.2, 0.25) is 0 Å². The fraction of sp³-hybridized carbons (Fsp3) is 0.235. The van der Waals surface area contributed by atoms with Gasteiger partial charge in [-0.25, -0.2) is 8.42 Å². The predicted molar refractivity (Wildman–Crippen MR) is 97.9 cm³/mol. The monoisotopic (exact) mass is 361 g/mol. The van der Waals surface area contributed by atoms with Crippen LogP contribution in [0.4, 0.5) is 5.69 Å². The van der Waals surface area contributed by atoms with E-state index in [4.69, 9.17) is 0 Å². The molecular formula is C17H19N3O2S2. The molecule has 0 saturated carbocycles. The van der Waals surface area contributed by atoms with Gasteiger partial charge in [-0.2, -0.15) is 5.10 Å². The molecule has 0 atom stereocenters. The van der Waals surface area contributed by atoms with Gasteiger partial charge in [-0.05, 0) is 50.6 Å². The highest BCUT2D eigenvalue weighted by Gasteiger charge is 2.19. The number of anilines is 1. The molecule has 0 spiro atoms. The number of hydrogen-bond acceptors (Lipinski definition) is 4. The quantitative estimate of drug-likeness (QED) is 0.737. The molecule has 2 heterocycles. The minimum Gasteiger partial charge on any atom is -0.279 e. The molecule has 3 aromatic rings. The molecule has 1 N–H and O–H groups in total. The van der Waals surface area contributed by atoms with E-state index in [-0.39, 0.29) is 10.3 Å². The Morgan fingerprint density at radius 1 is 1.21 bits per heavy atom. The van der Waals surface area contributed by atoms with E-state index in [1.165, 1.54) is 11.3 Å². The van der Waals surface area contributed by atoms with E-state index in [0.717, 1.165) is 16.8 Å². The molecule has 24 heavy (non-hydrogen) atoms. The number of nitrogens with zero attached hydrogens (tertiary/aromatic N) is 2. The molecule has 7 heteroatoms. The van der Waals surface area contributed by atoms with Crippen LogP contribution in [0.25, 0.3) is 11.3 Å². The zero-order valence-electron chi connectivity index (χ0n) is 13.7. The molecule has 5 nitrogen and oxygen atoms in total. The van der Waals surface area contributed by atoms with Crippen LogP contribution in [0.5, 0.6) is 0 Å². The van der Waals surface area contributed by atoms with Crippen molar-refractivity contribution in [3.8, 4) is 11.3 Å². The van der Waals surface area contributed by atoms with Crippen molar-refractivity contribution in [2.24, 2.45) is 0 Å². The highest BCUT2D eigenvalue weighted by atomic mass is 32.2. The first-order chi connectivity index (χ1) is 11.4. The first-order valence-electron chi connectivity index (χ1n) is 7.59. The normalized spacial score (nSPS) is 11.8. The summed E-state index contributed by atoms with van der Waals surface area (Å²) in [5, 5.41) is 6.15. The van der Waals surface area contributed by atoms with Crippen molar-refractivity contribution >= 4 is 27.0 Å². The van der Waals surface area contributed by atoms with Crippen molar-refractivity contribution in [1.29, 1.82) is 0 Å². The predicted octanol–water partition coefficient (Wildman–Crippen LogP) is 4.30. The fourth-order valence-electron chi connectivity index (χ4n) is 2.46. The molecular weight excluding hydrogens is 342 g/mol. The van der Waals surface area contributed by atoms with Gasteiger partial charge in [0.05, 0.1) is 5.69 Å². The van der Waals surface area contributed by atoms with E-state index in [1.807, 2.05) is 49.0 Å². The third-order valence-electron chi connectivity index (χ3n) is 3.57. The van der Waals surface area contributed by atoms with E-state index >= 15 is 0 Å². The number of rotatable bonds is 5. The number of thiophene rings is 1. The lowest BCUT2D eigenvalue weighted by Crippen LogP contribution is -2.11. The van der Waals surface area contributed by atoms with Crippen LogP contribution in [0.15, 0.2) is 52.2 Å². The molecule has 126 valence electrons. The lowest BCUT2D eigenvalue weighted by atomic mass is 10.2. The molecule has 2 aromatic heterocycles. The average Bonchev–Trinajstić information content (AvgIpc) is 3.16. The summed E-state index contributed by atoms with van der Waals surface area (Å²) in [5.41, 5.74) is 3.34. The molecule has 0 amide bonds. The number of aryl methyl sites for hydroxylation is 1. The third-order valence-corrected chi connectivity index (χ3v) is 6.39. The van der Waals surface area contributed by atoms with Gasteiger partial charge < -0.3 is 0 Å². The molecule has 3 rings (SSSR count). The second-order valence-corrected chi connectivity index (χ2v) is 8.70. The summed E-state index contributed by atoms with van der Waals surface area (Å²) in [5.74, 6) is 0. The molecule has 0 aliphatic carbocycles. The molecule has 0 fully saturated rings. The Morgan fingerprint density at radius 2 is 2.00 bits per heavy atom. The van der Waals surface area contributed by atoms with Crippen molar-refractivity contribution in [1.82, 2.24) is 9.78 Å². The van der Waals surface area contributed by atoms with Gasteiger partial charge in [0.1, 0.15) is 4.21 Å². The lowest BCUT2D eigenvalue weighted by Gasteiger charge is -2.09. The van der Waals surface area contributed by atoms with Gasteiger partial charge in [-0.3, -0.25) is 9.40 Å². The molecule has 0 unspecified atom stereocenters. The Hall–Kier alpha value is -2.12. The second-order valence-electron chi connectivity index (χ2n) is 5.88. The van der Waals surface area contributed by atoms with Crippen molar-refractivity contribution in [2.75, 3.05) is 4.72 Å². The Kier molecular flexibility index (Phi) is 4.47. The van der Waals surface area contributed by atoms with Crippen LogP contribution >= 0.6 is 11.3 Å². The SMILES string of the molecule is Cc1cccc(NS(=O)(=O)c2cc(-c3ccnn3C(C)C)cs2)c1. The van der Waals surface area contributed by atoms with Crippen LogP contribution in [-0.2, 0) is 10.0 Å². The fourth-order valence-corrected chi connectivity index (χ4v) is 4.68. The maximum atomic E-state index is 12.6. The van der Waals surface area contributed by atoms with Crippen molar-refractivity contribution in [2.45, 2.75) is 31.0 Å². The van der Waals surface area contributed by atoms with E-state index in [9.17, 15) is 8.42 Å². The zero-order valence-corrected chi connectivity index (χ0v) is 15.4. The lowest BCUT2D eigenvalue weighted by molar-refractivity contribution is 0.538. The summed E-state index contributed by atoms with van der Waals surface area (Å²) in [4.78, 5) is 0. The number of aromatic nitrogens is 2.